The second-order valence-corrected chi connectivity index (χ2v) is 6.61. The second-order valence-electron chi connectivity index (χ2n) is 6.61. The number of rotatable bonds is 6. The second kappa shape index (κ2) is 7.95. The molecule has 2 N–H and O–H groups in total. The molecule has 0 fully saturated rings. The molecule has 1 unspecified atom stereocenters. The maximum absolute atomic E-state index is 12.7. The molecular weight excluding hydrogens is 342 g/mol. The van der Waals surface area contributed by atoms with E-state index in [1.807, 2.05) is 68.4 Å². The number of nitrogens with zero attached hydrogens (tertiary/aromatic N) is 2. The average molecular weight is 365 g/mol. The Kier molecular flexibility index (Phi) is 5.45. The van der Waals surface area contributed by atoms with E-state index in [0.717, 1.165) is 17.0 Å². The number of para-hydroxylation sites is 1. The van der Waals surface area contributed by atoms with Gasteiger partial charge >= 0.3 is 0 Å². The van der Waals surface area contributed by atoms with Crippen LogP contribution in [0.15, 0.2) is 60.8 Å². The van der Waals surface area contributed by atoms with Crippen LogP contribution >= 0.6 is 0 Å². The quantitative estimate of drug-likeness (QED) is 0.698. The number of ether oxygens (including phenoxy) is 1. The molecule has 1 aromatic heterocycles. The first-order chi connectivity index (χ1) is 13.0. The fourth-order valence-electron chi connectivity index (χ4n) is 2.90. The van der Waals surface area contributed by atoms with Gasteiger partial charge in [-0.25, -0.2) is 4.68 Å². The van der Waals surface area contributed by atoms with Gasteiger partial charge in [0.1, 0.15) is 5.75 Å². The lowest BCUT2D eigenvalue weighted by Gasteiger charge is -2.22. The van der Waals surface area contributed by atoms with E-state index in [0.29, 0.717) is 0 Å². The van der Waals surface area contributed by atoms with E-state index in [2.05, 4.69) is 10.4 Å². The normalized spacial score (nSPS) is 12.0. The van der Waals surface area contributed by atoms with E-state index >= 15 is 0 Å². The van der Waals surface area contributed by atoms with Crippen LogP contribution in [0.5, 0.6) is 11.5 Å². The number of benzene rings is 2. The third kappa shape index (κ3) is 4.11. The molecule has 1 heterocycles. The van der Waals surface area contributed by atoms with Gasteiger partial charge in [0, 0.05) is 0 Å². The summed E-state index contributed by atoms with van der Waals surface area (Å²) in [5.74, 6) is 0.331. The summed E-state index contributed by atoms with van der Waals surface area (Å²) < 4.78 is 6.68. The van der Waals surface area contributed by atoms with Crippen molar-refractivity contribution in [3.63, 3.8) is 0 Å². The topological polar surface area (TPSA) is 76.4 Å². The Labute approximate surface area is 158 Å². The Hall–Kier alpha value is -3.28. The average Bonchev–Trinajstić information content (AvgIpc) is 3.08. The summed E-state index contributed by atoms with van der Waals surface area (Å²) in [6.07, 6.45) is 1.43. The largest absolute Gasteiger partial charge is 0.504 e. The zero-order chi connectivity index (χ0) is 19.4. The highest BCUT2D eigenvalue weighted by molar-refractivity contribution is 5.95. The molecule has 0 aliphatic carbocycles. The van der Waals surface area contributed by atoms with Crippen LogP contribution in [0.25, 0.3) is 5.69 Å². The monoisotopic (exact) mass is 365 g/mol. The van der Waals surface area contributed by atoms with Crippen molar-refractivity contribution in [1.82, 2.24) is 15.1 Å². The molecule has 1 atom stereocenters. The number of hydrogen-bond acceptors (Lipinski definition) is 4. The van der Waals surface area contributed by atoms with E-state index in [-0.39, 0.29) is 23.4 Å². The summed E-state index contributed by atoms with van der Waals surface area (Å²) in [5.41, 5.74) is 1.72. The Balaban J connectivity index is 1.83. The van der Waals surface area contributed by atoms with E-state index in [4.69, 9.17) is 4.74 Å². The Morgan fingerprint density at radius 3 is 2.37 bits per heavy atom. The third-order valence-electron chi connectivity index (χ3n) is 4.36. The standard InChI is InChI=1S/C21H23N3O3/c1-14(2)19(15-9-11-17(27-3)12-10-15)22-21(26)20-18(25)13-24(23-20)16-7-5-4-6-8-16/h4-14,19,25H,1-3H3,(H,22,26). The summed E-state index contributed by atoms with van der Waals surface area (Å²) in [4.78, 5) is 12.7. The van der Waals surface area contributed by atoms with Crippen molar-refractivity contribution in [3.8, 4) is 17.2 Å². The lowest BCUT2D eigenvalue weighted by atomic mass is 9.96. The lowest BCUT2D eigenvalue weighted by Crippen LogP contribution is -2.32. The first-order valence-electron chi connectivity index (χ1n) is 8.78. The maximum atomic E-state index is 12.7. The first-order valence-corrected chi connectivity index (χ1v) is 8.78. The zero-order valence-electron chi connectivity index (χ0n) is 15.6. The van der Waals surface area contributed by atoms with Crippen LogP contribution in [0.1, 0.15) is 35.9 Å². The molecule has 6 heteroatoms. The number of nitrogens with one attached hydrogen (secondary N) is 1. The zero-order valence-corrected chi connectivity index (χ0v) is 15.6. The highest BCUT2D eigenvalue weighted by Crippen LogP contribution is 2.25. The van der Waals surface area contributed by atoms with Crippen molar-refractivity contribution in [3.05, 3.63) is 72.1 Å². The minimum atomic E-state index is -0.420. The van der Waals surface area contributed by atoms with Crippen LogP contribution in [0.4, 0.5) is 0 Å². The molecule has 3 rings (SSSR count). The van der Waals surface area contributed by atoms with Crippen LogP contribution in [0.2, 0.25) is 0 Å². The lowest BCUT2D eigenvalue weighted by molar-refractivity contribution is 0.0917. The molecule has 0 aliphatic rings. The maximum Gasteiger partial charge on any atom is 0.276 e. The van der Waals surface area contributed by atoms with E-state index < -0.39 is 5.91 Å². The summed E-state index contributed by atoms with van der Waals surface area (Å²) in [5, 5.41) is 17.4. The number of carbonyl (C=O) groups excluding carboxylic acids is 1. The minimum absolute atomic E-state index is 0.00184. The summed E-state index contributed by atoms with van der Waals surface area (Å²) in [7, 11) is 1.61. The number of amides is 1. The van der Waals surface area contributed by atoms with Gasteiger partial charge in [0.2, 0.25) is 0 Å². The predicted octanol–water partition coefficient (Wildman–Crippen LogP) is 3.71. The molecule has 0 radical (unpaired) electrons. The van der Waals surface area contributed by atoms with Gasteiger partial charge in [-0.2, -0.15) is 5.10 Å². The van der Waals surface area contributed by atoms with Crippen molar-refractivity contribution in [2.75, 3.05) is 7.11 Å². The molecule has 140 valence electrons. The molecule has 6 nitrogen and oxygen atoms in total. The van der Waals surface area contributed by atoms with Crippen LogP contribution in [0, 0.1) is 5.92 Å². The Morgan fingerprint density at radius 1 is 1.11 bits per heavy atom. The number of aromatic hydroxyl groups is 1. The van der Waals surface area contributed by atoms with Gasteiger partial charge in [0.05, 0.1) is 25.0 Å². The van der Waals surface area contributed by atoms with Crippen LogP contribution in [-0.2, 0) is 0 Å². The van der Waals surface area contributed by atoms with Gasteiger partial charge in [0.15, 0.2) is 11.4 Å². The van der Waals surface area contributed by atoms with Gasteiger partial charge < -0.3 is 15.2 Å². The molecule has 0 saturated carbocycles. The number of aromatic nitrogens is 2. The summed E-state index contributed by atoms with van der Waals surface area (Å²) >= 11 is 0. The van der Waals surface area contributed by atoms with Crippen molar-refractivity contribution < 1.29 is 14.6 Å². The third-order valence-corrected chi connectivity index (χ3v) is 4.36. The molecular formula is C21H23N3O3. The molecule has 0 bridgehead atoms. The van der Waals surface area contributed by atoms with Gasteiger partial charge in [-0.15, -0.1) is 0 Å². The Bertz CT molecular complexity index is 902. The van der Waals surface area contributed by atoms with E-state index in [1.165, 1.54) is 10.9 Å². The van der Waals surface area contributed by atoms with E-state index in [9.17, 15) is 9.90 Å². The Morgan fingerprint density at radius 2 is 1.78 bits per heavy atom. The molecule has 0 aliphatic heterocycles. The molecule has 2 aromatic carbocycles. The summed E-state index contributed by atoms with van der Waals surface area (Å²) in [6.45, 7) is 4.05. The SMILES string of the molecule is COc1ccc(C(NC(=O)c2nn(-c3ccccc3)cc2O)C(C)C)cc1. The molecule has 27 heavy (non-hydrogen) atoms. The predicted molar refractivity (Wildman–Crippen MR) is 103 cm³/mol. The molecule has 1 amide bonds. The highest BCUT2D eigenvalue weighted by Gasteiger charge is 2.23. The number of hydrogen-bond donors (Lipinski definition) is 2. The van der Waals surface area contributed by atoms with Gasteiger partial charge in [-0.05, 0) is 35.7 Å². The first kappa shape index (κ1) is 18.5. The van der Waals surface area contributed by atoms with Gasteiger partial charge in [0.25, 0.3) is 5.91 Å². The van der Waals surface area contributed by atoms with Gasteiger partial charge in [-0.3, -0.25) is 4.79 Å². The van der Waals surface area contributed by atoms with Crippen LogP contribution in [-0.4, -0.2) is 27.9 Å². The van der Waals surface area contributed by atoms with Crippen LogP contribution < -0.4 is 10.1 Å². The number of methoxy groups -OCH3 is 1. The van der Waals surface area contributed by atoms with E-state index in [1.54, 1.807) is 7.11 Å². The van der Waals surface area contributed by atoms with Gasteiger partial charge in [-0.1, -0.05) is 44.2 Å². The fraction of sp³-hybridized carbons (Fsp3) is 0.238. The fourth-order valence-corrected chi connectivity index (χ4v) is 2.90. The smallest absolute Gasteiger partial charge is 0.276 e. The van der Waals surface area contributed by atoms with Crippen LogP contribution in [0.3, 0.4) is 0 Å². The minimum Gasteiger partial charge on any atom is -0.504 e. The van der Waals surface area contributed by atoms with Crippen molar-refractivity contribution in [2.24, 2.45) is 5.92 Å². The highest BCUT2D eigenvalue weighted by atomic mass is 16.5. The van der Waals surface area contributed by atoms with Crippen molar-refractivity contribution >= 4 is 5.91 Å². The summed E-state index contributed by atoms with van der Waals surface area (Å²) in [6, 6.07) is 16.7. The molecule has 0 saturated heterocycles. The molecule has 0 spiro atoms. The molecule has 3 aromatic rings. The van der Waals surface area contributed by atoms with Crippen molar-refractivity contribution in [2.45, 2.75) is 19.9 Å². The van der Waals surface area contributed by atoms with Crippen molar-refractivity contribution in [1.29, 1.82) is 0 Å². The number of carbonyl (C=O) groups is 1.